The number of carbonyl (C=O) groups excluding carboxylic acids is 1. The van der Waals surface area contributed by atoms with Gasteiger partial charge in [-0.25, -0.2) is 4.79 Å². The van der Waals surface area contributed by atoms with E-state index in [9.17, 15) is 9.59 Å². The smallest absolute Gasteiger partial charge is 0.329 e. The third-order valence-electron chi connectivity index (χ3n) is 3.41. The number of ether oxygens (including phenoxy) is 2. The van der Waals surface area contributed by atoms with Gasteiger partial charge in [0.15, 0.2) is 6.10 Å². The summed E-state index contributed by atoms with van der Waals surface area (Å²) in [5.41, 5.74) is 2.18. The molecule has 0 aromatic heterocycles. The molecule has 0 saturated carbocycles. The molecule has 0 heterocycles. The monoisotopic (exact) mass is 343 g/mol. The summed E-state index contributed by atoms with van der Waals surface area (Å²) in [6.45, 7) is 1.64. The average Bonchev–Trinajstić information content (AvgIpc) is 2.62. The van der Waals surface area contributed by atoms with Crippen LogP contribution < -0.4 is 10.1 Å². The topological polar surface area (TPSA) is 84.9 Å². The second kappa shape index (κ2) is 9.44. The summed E-state index contributed by atoms with van der Waals surface area (Å²) in [6, 6.07) is 17.5. The Morgan fingerprint density at radius 1 is 1.04 bits per heavy atom. The Bertz CT molecular complexity index is 685. The van der Waals surface area contributed by atoms with Gasteiger partial charge < -0.3 is 19.9 Å². The predicted octanol–water partition coefficient (Wildman–Crippen LogP) is 2.34. The molecule has 0 radical (unpaired) electrons. The molecule has 1 atom stereocenters. The summed E-state index contributed by atoms with van der Waals surface area (Å²) < 4.78 is 10.5. The van der Waals surface area contributed by atoms with Crippen LogP contribution >= 0.6 is 0 Å². The van der Waals surface area contributed by atoms with Gasteiger partial charge in [0.05, 0.1) is 6.61 Å². The lowest BCUT2D eigenvalue weighted by atomic mass is 10.1. The molecule has 6 nitrogen and oxygen atoms in total. The second-order valence-electron chi connectivity index (χ2n) is 5.39. The first-order valence-corrected chi connectivity index (χ1v) is 7.95. The van der Waals surface area contributed by atoms with Crippen molar-refractivity contribution in [2.24, 2.45) is 0 Å². The highest BCUT2D eigenvalue weighted by molar-refractivity contribution is 5.80. The molecule has 0 bridgehead atoms. The molecule has 6 heteroatoms. The van der Waals surface area contributed by atoms with Crippen LogP contribution in [0.5, 0.6) is 5.75 Å². The molecule has 0 saturated heterocycles. The molecule has 0 aliphatic heterocycles. The number of aliphatic carboxylic acids is 1. The van der Waals surface area contributed by atoms with Gasteiger partial charge in [0, 0.05) is 6.54 Å². The van der Waals surface area contributed by atoms with Crippen LogP contribution in [0.2, 0.25) is 0 Å². The van der Waals surface area contributed by atoms with Crippen molar-refractivity contribution < 1.29 is 24.2 Å². The number of carboxylic acid groups (broad SMARTS) is 1. The van der Waals surface area contributed by atoms with Crippen LogP contribution in [0, 0.1) is 0 Å². The maximum atomic E-state index is 11.9. The second-order valence-corrected chi connectivity index (χ2v) is 5.39. The Balaban J connectivity index is 1.78. The molecule has 2 aromatic carbocycles. The Hall–Kier alpha value is -2.86. The highest BCUT2D eigenvalue weighted by Crippen LogP contribution is 2.22. The zero-order chi connectivity index (χ0) is 18.1. The van der Waals surface area contributed by atoms with Crippen molar-refractivity contribution in [2.75, 3.05) is 19.8 Å². The largest absolute Gasteiger partial charge is 0.481 e. The number of nitrogens with one attached hydrogen (secondary N) is 1. The van der Waals surface area contributed by atoms with Crippen molar-refractivity contribution in [3.63, 3.8) is 0 Å². The first kappa shape index (κ1) is 18.5. The van der Waals surface area contributed by atoms with Gasteiger partial charge in [0.2, 0.25) is 0 Å². The number of amides is 1. The zero-order valence-corrected chi connectivity index (χ0v) is 14.0. The highest BCUT2D eigenvalue weighted by Gasteiger charge is 2.14. The van der Waals surface area contributed by atoms with Crippen LogP contribution in [0.3, 0.4) is 0 Å². The van der Waals surface area contributed by atoms with Gasteiger partial charge in [-0.3, -0.25) is 4.79 Å². The lowest BCUT2D eigenvalue weighted by Gasteiger charge is -2.15. The third kappa shape index (κ3) is 6.27. The van der Waals surface area contributed by atoms with Gasteiger partial charge in [0.25, 0.3) is 5.91 Å². The molecular weight excluding hydrogens is 322 g/mol. The van der Waals surface area contributed by atoms with Crippen LogP contribution in [0.15, 0.2) is 54.6 Å². The number of carboxylic acids is 1. The third-order valence-corrected chi connectivity index (χ3v) is 3.41. The normalized spacial score (nSPS) is 11.6. The average molecular weight is 343 g/mol. The summed E-state index contributed by atoms with van der Waals surface area (Å²) in [5, 5.41) is 11.1. The summed E-state index contributed by atoms with van der Waals surface area (Å²) in [5.74, 6) is -0.725. The van der Waals surface area contributed by atoms with Gasteiger partial charge in [-0.05, 0) is 30.2 Å². The Labute approximate surface area is 146 Å². The number of hydrogen-bond acceptors (Lipinski definition) is 4. The molecular formula is C19H21NO5. The summed E-state index contributed by atoms with van der Waals surface area (Å²) in [7, 11) is 0. The number of hydrogen-bond donors (Lipinski definition) is 2. The van der Waals surface area contributed by atoms with Gasteiger partial charge in [-0.2, -0.15) is 0 Å². The molecule has 0 aliphatic carbocycles. The van der Waals surface area contributed by atoms with Crippen LogP contribution in [0.25, 0.3) is 11.1 Å². The molecule has 2 N–H and O–H groups in total. The number of rotatable bonds is 9. The van der Waals surface area contributed by atoms with E-state index in [0.717, 1.165) is 11.1 Å². The van der Waals surface area contributed by atoms with E-state index in [-0.39, 0.29) is 25.7 Å². The Morgan fingerprint density at radius 3 is 2.32 bits per heavy atom. The van der Waals surface area contributed by atoms with E-state index < -0.39 is 12.1 Å². The molecule has 1 amide bonds. The fourth-order valence-corrected chi connectivity index (χ4v) is 2.16. The van der Waals surface area contributed by atoms with Crippen LogP contribution in [0.4, 0.5) is 0 Å². The lowest BCUT2D eigenvalue weighted by Crippen LogP contribution is -2.38. The standard InChI is InChI=1S/C19H21NO5/c1-14(19(23)20-11-12-24-13-18(21)22)25-17-9-7-16(8-10-17)15-5-3-2-4-6-15/h2-10,14H,11-13H2,1H3,(H,20,23)(H,21,22). The number of carbonyl (C=O) groups is 2. The molecule has 25 heavy (non-hydrogen) atoms. The van der Waals surface area contributed by atoms with E-state index >= 15 is 0 Å². The zero-order valence-electron chi connectivity index (χ0n) is 14.0. The van der Waals surface area contributed by atoms with Crippen molar-refractivity contribution in [3.05, 3.63) is 54.6 Å². The maximum absolute atomic E-state index is 11.9. The van der Waals surface area contributed by atoms with Crippen molar-refractivity contribution >= 4 is 11.9 Å². The summed E-state index contributed by atoms with van der Waals surface area (Å²) >= 11 is 0. The molecule has 0 aliphatic rings. The molecule has 2 rings (SSSR count). The van der Waals surface area contributed by atoms with Crippen molar-refractivity contribution in [3.8, 4) is 16.9 Å². The van der Waals surface area contributed by atoms with Crippen molar-refractivity contribution in [1.82, 2.24) is 5.32 Å². The van der Waals surface area contributed by atoms with E-state index in [1.807, 2.05) is 54.6 Å². The maximum Gasteiger partial charge on any atom is 0.329 e. The first-order valence-electron chi connectivity index (χ1n) is 7.95. The fourth-order valence-electron chi connectivity index (χ4n) is 2.16. The van der Waals surface area contributed by atoms with E-state index in [1.165, 1.54) is 0 Å². The van der Waals surface area contributed by atoms with E-state index in [2.05, 4.69) is 5.32 Å². The fraction of sp³-hybridized carbons (Fsp3) is 0.263. The van der Waals surface area contributed by atoms with Crippen LogP contribution in [-0.4, -0.2) is 42.8 Å². The summed E-state index contributed by atoms with van der Waals surface area (Å²) in [4.78, 5) is 22.2. The van der Waals surface area contributed by atoms with E-state index in [1.54, 1.807) is 6.92 Å². The van der Waals surface area contributed by atoms with Gasteiger partial charge in [-0.15, -0.1) is 0 Å². The van der Waals surface area contributed by atoms with Crippen LogP contribution in [-0.2, 0) is 14.3 Å². The molecule has 132 valence electrons. The predicted molar refractivity (Wildman–Crippen MR) is 93.4 cm³/mol. The van der Waals surface area contributed by atoms with Crippen molar-refractivity contribution in [1.29, 1.82) is 0 Å². The van der Waals surface area contributed by atoms with Gasteiger partial charge >= 0.3 is 5.97 Å². The van der Waals surface area contributed by atoms with E-state index in [4.69, 9.17) is 14.6 Å². The lowest BCUT2D eigenvalue weighted by molar-refractivity contribution is -0.142. The Kier molecular flexibility index (Phi) is 6.98. The molecule has 0 spiro atoms. The molecule has 0 fully saturated rings. The molecule has 2 aromatic rings. The highest BCUT2D eigenvalue weighted by atomic mass is 16.5. The minimum Gasteiger partial charge on any atom is -0.481 e. The van der Waals surface area contributed by atoms with Crippen molar-refractivity contribution in [2.45, 2.75) is 13.0 Å². The quantitative estimate of drug-likeness (QED) is 0.683. The summed E-state index contributed by atoms with van der Waals surface area (Å²) in [6.07, 6.45) is -0.665. The minimum atomic E-state index is -1.04. The van der Waals surface area contributed by atoms with Crippen LogP contribution in [0.1, 0.15) is 6.92 Å². The minimum absolute atomic E-state index is 0.135. The first-order chi connectivity index (χ1) is 12.1. The SMILES string of the molecule is CC(Oc1ccc(-c2ccccc2)cc1)C(=O)NCCOCC(=O)O. The van der Waals surface area contributed by atoms with Gasteiger partial charge in [-0.1, -0.05) is 42.5 Å². The number of benzene rings is 2. The Morgan fingerprint density at radius 2 is 1.68 bits per heavy atom. The molecule has 1 unspecified atom stereocenters. The van der Waals surface area contributed by atoms with Gasteiger partial charge in [0.1, 0.15) is 12.4 Å². The van der Waals surface area contributed by atoms with E-state index in [0.29, 0.717) is 5.75 Å².